The zero-order chi connectivity index (χ0) is 19.6. The van der Waals surface area contributed by atoms with Crippen molar-refractivity contribution in [1.82, 2.24) is 9.21 Å². The topological polar surface area (TPSA) is 66.9 Å². The Hall–Kier alpha value is -1.60. The Morgan fingerprint density at radius 2 is 1.70 bits per heavy atom. The van der Waals surface area contributed by atoms with Gasteiger partial charge >= 0.3 is 0 Å². The van der Waals surface area contributed by atoms with E-state index in [9.17, 15) is 13.2 Å². The van der Waals surface area contributed by atoms with E-state index >= 15 is 0 Å². The van der Waals surface area contributed by atoms with Crippen LogP contribution in [-0.2, 0) is 14.8 Å². The fraction of sp³-hybridized carbons (Fsp3) is 0.650. The van der Waals surface area contributed by atoms with E-state index in [-0.39, 0.29) is 16.9 Å². The molecule has 0 radical (unpaired) electrons. The Kier molecular flexibility index (Phi) is 6.11. The summed E-state index contributed by atoms with van der Waals surface area (Å²) in [6.45, 7) is 7.89. The van der Waals surface area contributed by atoms with Crippen LogP contribution in [0.4, 0.5) is 0 Å². The van der Waals surface area contributed by atoms with Gasteiger partial charge in [-0.3, -0.25) is 4.79 Å². The maximum absolute atomic E-state index is 13.1. The lowest BCUT2D eigenvalue weighted by molar-refractivity contribution is -0.135. The molecule has 0 bridgehead atoms. The third-order valence-corrected chi connectivity index (χ3v) is 7.31. The molecule has 2 aliphatic rings. The summed E-state index contributed by atoms with van der Waals surface area (Å²) in [5.74, 6) is 1.23. The third-order valence-electron chi connectivity index (χ3n) is 5.39. The van der Waals surface area contributed by atoms with E-state index in [4.69, 9.17) is 4.74 Å². The second-order valence-corrected chi connectivity index (χ2v) is 9.81. The Balaban J connectivity index is 1.75. The first-order chi connectivity index (χ1) is 12.8. The molecule has 27 heavy (non-hydrogen) atoms. The number of benzene rings is 1. The number of sulfonamides is 1. The van der Waals surface area contributed by atoms with E-state index in [1.807, 2.05) is 18.7 Å². The maximum Gasteiger partial charge on any atom is 0.243 e. The van der Waals surface area contributed by atoms with Gasteiger partial charge in [0.05, 0.1) is 11.0 Å². The molecule has 1 amide bonds. The molecule has 6 nitrogen and oxygen atoms in total. The average Bonchev–Trinajstić information content (AvgIpc) is 3.12. The van der Waals surface area contributed by atoms with Crippen LogP contribution < -0.4 is 4.74 Å². The number of hydrogen-bond donors (Lipinski definition) is 0. The summed E-state index contributed by atoms with van der Waals surface area (Å²) >= 11 is 0. The van der Waals surface area contributed by atoms with Crippen molar-refractivity contribution in [2.45, 2.75) is 63.5 Å². The summed E-state index contributed by atoms with van der Waals surface area (Å²) in [5, 5.41) is 0. The summed E-state index contributed by atoms with van der Waals surface area (Å²) in [5.41, 5.74) is 0. The summed E-state index contributed by atoms with van der Waals surface area (Å²) in [6, 6.07) is 5.90. The summed E-state index contributed by atoms with van der Waals surface area (Å²) < 4.78 is 33.2. The van der Waals surface area contributed by atoms with Gasteiger partial charge in [-0.25, -0.2) is 8.42 Å². The van der Waals surface area contributed by atoms with Gasteiger partial charge in [0, 0.05) is 19.6 Å². The molecule has 1 atom stereocenters. The highest BCUT2D eigenvalue weighted by molar-refractivity contribution is 7.89. The van der Waals surface area contributed by atoms with Crippen LogP contribution in [0.15, 0.2) is 29.2 Å². The lowest BCUT2D eigenvalue weighted by Crippen LogP contribution is -2.49. The zero-order valence-electron chi connectivity index (χ0n) is 16.4. The van der Waals surface area contributed by atoms with Gasteiger partial charge in [-0.1, -0.05) is 6.92 Å². The van der Waals surface area contributed by atoms with E-state index in [1.54, 1.807) is 24.3 Å². The van der Waals surface area contributed by atoms with E-state index in [0.29, 0.717) is 31.1 Å². The Morgan fingerprint density at radius 1 is 1.07 bits per heavy atom. The number of carbonyl (C=O) groups excluding carboxylic acids is 1. The highest BCUT2D eigenvalue weighted by atomic mass is 32.2. The summed E-state index contributed by atoms with van der Waals surface area (Å²) in [4.78, 5) is 15.0. The molecule has 0 spiro atoms. The van der Waals surface area contributed by atoms with Crippen molar-refractivity contribution < 1.29 is 17.9 Å². The molecule has 1 aromatic carbocycles. The Morgan fingerprint density at radius 3 is 2.30 bits per heavy atom. The predicted molar refractivity (Wildman–Crippen MR) is 104 cm³/mol. The molecule has 0 unspecified atom stereocenters. The number of amides is 1. The van der Waals surface area contributed by atoms with Crippen LogP contribution in [0.25, 0.3) is 0 Å². The van der Waals surface area contributed by atoms with Crippen LogP contribution in [0.3, 0.4) is 0 Å². The summed E-state index contributed by atoms with van der Waals surface area (Å²) in [7, 11) is -3.70. The lowest BCUT2D eigenvalue weighted by atomic mass is 9.98. The van der Waals surface area contributed by atoms with Crippen molar-refractivity contribution in [3.63, 3.8) is 0 Å². The Labute approximate surface area is 162 Å². The first-order valence-electron chi connectivity index (χ1n) is 9.86. The summed E-state index contributed by atoms with van der Waals surface area (Å²) in [6.07, 6.45) is 3.32. The third kappa shape index (κ3) is 4.46. The van der Waals surface area contributed by atoms with E-state index < -0.39 is 16.1 Å². The minimum absolute atomic E-state index is 0.0281. The smallest absolute Gasteiger partial charge is 0.243 e. The van der Waals surface area contributed by atoms with Gasteiger partial charge in [0.1, 0.15) is 11.8 Å². The molecule has 2 saturated heterocycles. The number of hydrogen-bond acceptors (Lipinski definition) is 4. The number of nitrogens with zero attached hydrogens (tertiary/aromatic N) is 2. The number of carbonyl (C=O) groups is 1. The monoisotopic (exact) mass is 394 g/mol. The zero-order valence-corrected chi connectivity index (χ0v) is 17.2. The molecule has 2 heterocycles. The predicted octanol–water partition coefficient (Wildman–Crippen LogP) is 2.89. The van der Waals surface area contributed by atoms with E-state index in [2.05, 4.69) is 6.92 Å². The van der Waals surface area contributed by atoms with Crippen molar-refractivity contribution in [2.75, 3.05) is 19.6 Å². The largest absolute Gasteiger partial charge is 0.491 e. The minimum Gasteiger partial charge on any atom is -0.491 e. The van der Waals surface area contributed by atoms with Crippen molar-refractivity contribution >= 4 is 15.9 Å². The standard InChI is InChI=1S/C20H30N2O4S/c1-15(2)26-17-6-8-18(9-7-17)27(24,25)22-12-4-5-19(22)20(23)21-13-10-16(3)11-14-21/h6-9,15-16,19H,4-5,10-14H2,1-3H3/t19-/m0/s1. The van der Waals surface area contributed by atoms with Gasteiger partial charge < -0.3 is 9.64 Å². The molecule has 0 N–H and O–H groups in total. The molecule has 0 saturated carbocycles. The fourth-order valence-corrected chi connectivity index (χ4v) is 5.46. The van der Waals surface area contributed by atoms with Gasteiger partial charge in [0.15, 0.2) is 0 Å². The molecule has 3 rings (SSSR count). The molecule has 7 heteroatoms. The van der Waals surface area contributed by atoms with Crippen LogP contribution in [0.1, 0.15) is 46.5 Å². The number of piperidine rings is 1. The van der Waals surface area contributed by atoms with Crippen molar-refractivity contribution in [2.24, 2.45) is 5.92 Å². The maximum atomic E-state index is 13.1. The van der Waals surface area contributed by atoms with Crippen molar-refractivity contribution in [3.05, 3.63) is 24.3 Å². The molecule has 0 aliphatic carbocycles. The van der Waals surface area contributed by atoms with Crippen LogP contribution >= 0.6 is 0 Å². The van der Waals surface area contributed by atoms with Gasteiger partial charge in [-0.15, -0.1) is 0 Å². The second-order valence-electron chi connectivity index (χ2n) is 7.92. The molecular formula is C20H30N2O4S. The number of likely N-dealkylation sites (tertiary alicyclic amines) is 1. The Bertz CT molecular complexity index is 753. The van der Waals surface area contributed by atoms with Gasteiger partial charge in [0.2, 0.25) is 15.9 Å². The highest BCUT2D eigenvalue weighted by Crippen LogP contribution is 2.29. The van der Waals surface area contributed by atoms with E-state index in [0.717, 1.165) is 25.9 Å². The van der Waals surface area contributed by atoms with Crippen LogP contribution in [0.2, 0.25) is 0 Å². The second kappa shape index (κ2) is 8.19. The van der Waals surface area contributed by atoms with Crippen molar-refractivity contribution in [1.29, 1.82) is 0 Å². The lowest BCUT2D eigenvalue weighted by Gasteiger charge is -2.34. The highest BCUT2D eigenvalue weighted by Gasteiger charge is 2.41. The first kappa shape index (κ1) is 20.1. The van der Waals surface area contributed by atoms with Crippen LogP contribution in [0.5, 0.6) is 5.75 Å². The quantitative estimate of drug-likeness (QED) is 0.770. The molecule has 0 aromatic heterocycles. The van der Waals surface area contributed by atoms with Crippen LogP contribution in [-0.4, -0.2) is 55.3 Å². The fourth-order valence-electron chi connectivity index (χ4n) is 3.81. The molecule has 2 aliphatic heterocycles. The van der Waals surface area contributed by atoms with Gasteiger partial charge in [0.25, 0.3) is 0 Å². The molecule has 150 valence electrons. The minimum atomic E-state index is -3.70. The van der Waals surface area contributed by atoms with Gasteiger partial charge in [-0.05, 0) is 69.7 Å². The molecule has 2 fully saturated rings. The van der Waals surface area contributed by atoms with Crippen molar-refractivity contribution in [3.8, 4) is 5.75 Å². The van der Waals surface area contributed by atoms with Gasteiger partial charge in [-0.2, -0.15) is 4.31 Å². The number of ether oxygens (including phenoxy) is 1. The first-order valence-corrected chi connectivity index (χ1v) is 11.3. The normalized spacial score (nSPS) is 22.4. The average molecular weight is 395 g/mol. The van der Waals surface area contributed by atoms with Crippen LogP contribution in [0, 0.1) is 5.92 Å². The number of rotatable bonds is 5. The molecule has 1 aromatic rings. The molecular weight excluding hydrogens is 364 g/mol. The van der Waals surface area contributed by atoms with E-state index in [1.165, 1.54) is 4.31 Å². The SMILES string of the molecule is CC1CCN(C(=O)[C@@H]2CCCN2S(=O)(=O)c2ccc(OC(C)C)cc2)CC1.